The molecule has 1 nitrogen and oxygen atoms in total. The van der Waals surface area contributed by atoms with Crippen molar-refractivity contribution in [3.63, 3.8) is 0 Å². The fraction of sp³-hybridized carbons (Fsp3) is 0.308. The normalized spacial score (nSPS) is 16.6. The maximum absolute atomic E-state index is 13.4. The summed E-state index contributed by atoms with van der Waals surface area (Å²) in [5.41, 5.74) is -1.05. The third-order valence-corrected chi connectivity index (χ3v) is 6.42. The Morgan fingerprint density at radius 3 is 1.64 bits per heavy atom. The van der Waals surface area contributed by atoms with Crippen molar-refractivity contribution in [2.24, 2.45) is 0 Å². The van der Waals surface area contributed by atoms with Gasteiger partial charge in [0.2, 0.25) is 0 Å². The van der Waals surface area contributed by atoms with Gasteiger partial charge in [0.05, 0.1) is 11.1 Å². The van der Waals surface area contributed by atoms with Gasteiger partial charge in [0, 0.05) is 24.2 Å². The van der Waals surface area contributed by atoms with Gasteiger partial charge in [-0.2, -0.15) is 26.3 Å². The molecule has 174 valence electrons. The van der Waals surface area contributed by atoms with E-state index in [1.807, 2.05) is 60.7 Å². The predicted octanol–water partition coefficient (Wildman–Crippen LogP) is 7.51. The average Bonchev–Trinajstić information content (AvgIpc) is 2.79. The van der Waals surface area contributed by atoms with Gasteiger partial charge >= 0.3 is 12.4 Å². The summed E-state index contributed by atoms with van der Waals surface area (Å²) in [7, 11) is 0. The Labute approximate surface area is 188 Å². The summed E-state index contributed by atoms with van der Waals surface area (Å²) in [6.07, 6.45) is -8.38. The maximum atomic E-state index is 13.4. The Hall–Kier alpha value is -2.96. The molecule has 0 spiro atoms. The van der Waals surface area contributed by atoms with Crippen LogP contribution in [0.15, 0.2) is 78.9 Å². The predicted molar refractivity (Wildman–Crippen MR) is 116 cm³/mol. The molecule has 3 aromatic rings. The van der Waals surface area contributed by atoms with E-state index in [2.05, 4.69) is 4.90 Å². The number of para-hydroxylation sites is 1. The first-order chi connectivity index (χ1) is 15.6. The van der Waals surface area contributed by atoms with Gasteiger partial charge in [0.25, 0.3) is 0 Å². The van der Waals surface area contributed by atoms with E-state index in [9.17, 15) is 26.3 Å². The zero-order valence-corrected chi connectivity index (χ0v) is 17.8. The lowest BCUT2D eigenvalue weighted by Crippen LogP contribution is -2.44. The number of nitrogens with zero attached hydrogens (tertiary/aromatic N) is 1. The number of hydrogen-bond donors (Lipinski definition) is 0. The Kier molecular flexibility index (Phi) is 6.16. The van der Waals surface area contributed by atoms with Gasteiger partial charge in [-0.25, -0.2) is 0 Å². The molecular formula is C26H23F6N. The summed E-state index contributed by atoms with van der Waals surface area (Å²) in [4.78, 5) is 2.20. The van der Waals surface area contributed by atoms with E-state index in [1.54, 1.807) is 0 Å². The van der Waals surface area contributed by atoms with Crippen molar-refractivity contribution in [1.29, 1.82) is 0 Å². The van der Waals surface area contributed by atoms with Crippen LogP contribution < -0.4 is 4.90 Å². The van der Waals surface area contributed by atoms with E-state index >= 15 is 0 Å². The van der Waals surface area contributed by atoms with Gasteiger partial charge in [-0.15, -0.1) is 0 Å². The van der Waals surface area contributed by atoms with E-state index in [0.29, 0.717) is 25.9 Å². The molecule has 1 aliphatic heterocycles. The molecule has 1 fully saturated rings. The molecule has 7 heteroatoms. The highest BCUT2D eigenvalue weighted by molar-refractivity contribution is 5.47. The van der Waals surface area contributed by atoms with Crippen LogP contribution in [-0.4, -0.2) is 13.1 Å². The zero-order valence-electron chi connectivity index (χ0n) is 17.8. The van der Waals surface area contributed by atoms with Crippen molar-refractivity contribution in [3.8, 4) is 0 Å². The highest BCUT2D eigenvalue weighted by atomic mass is 19.4. The molecule has 0 N–H and O–H groups in total. The number of anilines is 1. The minimum absolute atomic E-state index is 0.0502. The summed E-state index contributed by atoms with van der Waals surface area (Å²) in [5.74, 6) is 0. The molecule has 0 bridgehead atoms. The monoisotopic (exact) mass is 463 g/mol. The van der Waals surface area contributed by atoms with Gasteiger partial charge in [0.1, 0.15) is 0 Å². The van der Waals surface area contributed by atoms with Gasteiger partial charge < -0.3 is 4.90 Å². The van der Waals surface area contributed by atoms with Crippen molar-refractivity contribution in [2.75, 3.05) is 18.0 Å². The fourth-order valence-corrected chi connectivity index (χ4v) is 4.70. The second-order valence-electron chi connectivity index (χ2n) is 8.56. The van der Waals surface area contributed by atoms with E-state index in [0.717, 1.165) is 23.4 Å². The minimum Gasteiger partial charge on any atom is -0.371 e. The highest BCUT2D eigenvalue weighted by Gasteiger charge is 2.40. The number of piperidine rings is 1. The molecular weight excluding hydrogens is 440 g/mol. The van der Waals surface area contributed by atoms with Crippen molar-refractivity contribution in [2.45, 2.75) is 37.0 Å². The molecule has 0 radical (unpaired) electrons. The summed E-state index contributed by atoms with van der Waals surface area (Å²) < 4.78 is 80.4. The second kappa shape index (κ2) is 8.76. The van der Waals surface area contributed by atoms with Crippen molar-refractivity contribution < 1.29 is 26.3 Å². The van der Waals surface area contributed by atoms with Crippen LogP contribution in [-0.2, 0) is 24.2 Å². The lowest BCUT2D eigenvalue weighted by molar-refractivity contribution is -0.143. The van der Waals surface area contributed by atoms with Gasteiger partial charge in [-0.1, -0.05) is 48.5 Å². The largest absolute Gasteiger partial charge is 0.416 e. The summed E-state index contributed by atoms with van der Waals surface area (Å²) in [6, 6.07) is 21.1. The Bertz CT molecular complexity index is 1030. The average molecular weight is 463 g/mol. The summed E-state index contributed by atoms with van der Waals surface area (Å²) in [6.45, 7) is 1.31. The van der Waals surface area contributed by atoms with Crippen molar-refractivity contribution in [3.05, 3.63) is 101 Å². The van der Waals surface area contributed by atoms with Crippen molar-refractivity contribution in [1.82, 2.24) is 0 Å². The van der Waals surface area contributed by atoms with Gasteiger partial charge in [-0.05, 0) is 60.7 Å². The topological polar surface area (TPSA) is 3.24 Å². The van der Waals surface area contributed by atoms with Crippen LogP contribution in [0.3, 0.4) is 0 Å². The minimum atomic E-state index is -4.85. The molecule has 0 aliphatic carbocycles. The molecule has 33 heavy (non-hydrogen) atoms. The van der Waals surface area contributed by atoms with Gasteiger partial charge in [-0.3, -0.25) is 0 Å². The van der Waals surface area contributed by atoms with Crippen LogP contribution in [0.5, 0.6) is 0 Å². The van der Waals surface area contributed by atoms with Crippen LogP contribution in [0.2, 0.25) is 0 Å². The standard InChI is InChI=1S/C26H23F6N/c27-25(28,29)21-15-19(16-22(17-21)26(30,31)32)18-24(20-7-3-1-4-8-20)11-13-33(14-12-24)23-9-5-2-6-10-23/h1-10,15-17H,11-14,18H2. The van der Waals surface area contributed by atoms with Crippen LogP contribution in [0.1, 0.15) is 35.1 Å². The summed E-state index contributed by atoms with van der Waals surface area (Å²) in [5, 5.41) is 0. The molecule has 0 atom stereocenters. The third kappa shape index (κ3) is 5.18. The molecule has 0 amide bonds. The summed E-state index contributed by atoms with van der Waals surface area (Å²) >= 11 is 0. The SMILES string of the molecule is FC(F)(F)c1cc(CC2(c3ccccc3)CCN(c3ccccc3)CC2)cc(C(F)(F)F)c1. The number of benzene rings is 3. The number of hydrogen-bond acceptors (Lipinski definition) is 1. The smallest absolute Gasteiger partial charge is 0.371 e. The first-order valence-corrected chi connectivity index (χ1v) is 10.7. The molecule has 1 saturated heterocycles. The fourth-order valence-electron chi connectivity index (χ4n) is 4.70. The van der Waals surface area contributed by atoms with Crippen LogP contribution >= 0.6 is 0 Å². The maximum Gasteiger partial charge on any atom is 0.416 e. The number of rotatable bonds is 4. The molecule has 0 unspecified atom stereocenters. The van der Waals surface area contributed by atoms with E-state index in [4.69, 9.17) is 0 Å². The third-order valence-electron chi connectivity index (χ3n) is 6.42. The molecule has 0 aromatic heterocycles. The number of halogens is 6. The van der Waals surface area contributed by atoms with Crippen LogP contribution in [0.25, 0.3) is 0 Å². The van der Waals surface area contributed by atoms with E-state index in [-0.39, 0.29) is 18.1 Å². The van der Waals surface area contributed by atoms with E-state index < -0.39 is 28.9 Å². The van der Waals surface area contributed by atoms with E-state index in [1.165, 1.54) is 0 Å². The molecule has 0 saturated carbocycles. The number of alkyl halides is 6. The highest BCUT2D eigenvalue weighted by Crippen LogP contribution is 2.42. The van der Waals surface area contributed by atoms with Crippen molar-refractivity contribution >= 4 is 5.69 Å². The van der Waals surface area contributed by atoms with Crippen LogP contribution in [0.4, 0.5) is 32.0 Å². The van der Waals surface area contributed by atoms with Crippen LogP contribution in [0, 0.1) is 0 Å². The molecule has 1 heterocycles. The van der Waals surface area contributed by atoms with Gasteiger partial charge in [0.15, 0.2) is 0 Å². The first-order valence-electron chi connectivity index (χ1n) is 10.7. The first kappa shape index (κ1) is 23.2. The molecule has 1 aliphatic rings. The second-order valence-corrected chi connectivity index (χ2v) is 8.56. The quantitative estimate of drug-likeness (QED) is 0.362. The molecule has 4 rings (SSSR count). The Morgan fingerprint density at radius 1 is 0.667 bits per heavy atom. The Balaban J connectivity index is 1.70. The zero-order chi connectivity index (χ0) is 23.7. The Morgan fingerprint density at radius 2 is 1.15 bits per heavy atom. The lowest BCUT2D eigenvalue weighted by atomic mass is 9.68. The molecule has 3 aromatic carbocycles. The lowest BCUT2D eigenvalue weighted by Gasteiger charge is -2.43.